The largest absolute Gasteiger partial charge is 0.351 e. The number of thiophene rings is 1. The van der Waals surface area contributed by atoms with E-state index in [0.717, 1.165) is 5.57 Å². The van der Waals surface area contributed by atoms with Gasteiger partial charge in [0.2, 0.25) is 5.91 Å². The van der Waals surface area contributed by atoms with Gasteiger partial charge in [0.15, 0.2) is 5.96 Å². The van der Waals surface area contributed by atoms with Gasteiger partial charge in [0, 0.05) is 32.6 Å². The Hall–Kier alpha value is -1.82. The number of nitrogens with zero attached hydrogens (tertiary/aromatic N) is 3. The standard InChI is InChI=1S/C15H24N4OS/c1-12(2)11-19(5)15(17-10-14(20)18(3)4)16-9-13-7-6-8-21-13/h6-8H,1,9-11H2,2-5H3,(H,16,17). The minimum Gasteiger partial charge on any atom is -0.351 e. The molecule has 1 aromatic rings. The number of amides is 1. The molecule has 1 amide bonds. The maximum Gasteiger partial charge on any atom is 0.243 e. The molecule has 1 rings (SSSR count). The lowest BCUT2D eigenvalue weighted by molar-refractivity contribution is -0.127. The summed E-state index contributed by atoms with van der Waals surface area (Å²) in [5.74, 6) is 0.691. The van der Waals surface area contributed by atoms with Gasteiger partial charge in [-0.05, 0) is 18.4 Å². The van der Waals surface area contributed by atoms with Crippen LogP contribution >= 0.6 is 11.3 Å². The number of rotatable bonds is 6. The van der Waals surface area contributed by atoms with Gasteiger partial charge in [-0.15, -0.1) is 11.3 Å². The maximum atomic E-state index is 11.7. The van der Waals surface area contributed by atoms with Crippen LogP contribution in [0.1, 0.15) is 11.8 Å². The molecule has 1 aromatic heterocycles. The molecule has 0 fully saturated rings. The van der Waals surface area contributed by atoms with Crippen molar-refractivity contribution in [3.05, 3.63) is 34.5 Å². The summed E-state index contributed by atoms with van der Waals surface area (Å²) in [7, 11) is 5.40. The Bertz CT molecular complexity index is 494. The Morgan fingerprint density at radius 3 is 2.67 bits per heavy atom. The van der Waals surface area contributed by atoms with Gasteiger partial charge in [-0.2, -0.15) is 0 Å². The SMILES string of the molecule is C=C(C)CN(C)C(=NCC(=O)N(C)C)NCc1cccs1. The van der Waals surface area contributed by atoms with Crippen LogP contribution in [0, 0.1) is 0 Å². The van der Waals surface area contributed by atoms with Crippen molar-refractivity contribution in [1.29, 1.82) is 0 Å². The van der Waals surface area contributed by atoms with Crippen LogP contribution in [-0.4, -0.2) is 55.9 Å². The number of hydrogen-bond acceptors (Lipinski definition) is 3. The van der Waals surface area contributed by atoms with E-state index in [-0.39, 0.29) is 12.5 Å². The molecule has 0 radical (unpaired) electrons. The van der Waals surface area contributed by atoms with Crippen molar-refractivity contribution in [2.24, 2.45) is 4.99 Å². The molecule has 0 bridgehead atoms. The number of carbonyl (C=O) groups is 1. The Morgan fingerprint density at radius 2 is 2.14 bits per heavy atom. The molecule has 6 heteroatoms. The Labute approximate surface area is 131 Å². The van der Waals surface area contributed by atoms with Crippen LogP contribution in [0.3, 0.4) is 0 Å². The smallest absolute Gasteiger partial charge is 0.243 e. The van der Waals surface area contributed by atoms with Gasteiger partial charge in [-0.25, -0.2) is 4.99 Å². The molecule has 0 aliphatic carbocycles. The third-order valence-corrected chi connectivity index (χ3v) is 3.61. The average Bonchev–Trinajstić information content (AvgIpc) is 2.90. The number of aliphatic imine (C=N–C) groups is 1. The van der Waals surface area contributed by atoms with E-state index in [1.807, 2.05) is 30.3 Å². The van der Waals surface area contributed by atoms with Crippen LogP contribution in [0.2, 0.25) is 0 Å². The zero-order valence-electron chi connectivity index (χ0n) is 13.2. The first-order valence-electron chi connectivity index (χ1n) is 6.76. The van der Waals surface area contributed by atoms with Crippen molar-refractivity contribution >= 4 is 23.2 Å². The van der Waals surface area contributed by atoms with Crippen molar-refractivity contribution in [3.63, 3.8) is 0 Å². The molecule has 21 heavy (non-hydrogen) atoms. The first kappa shape index (κ1) is 17.2. The normalized spacial score (nSPS) is 11.1. The number of nitrogens with one attached hydrogen (secondary N) is 1. The summed E-state index contributed by atoms with van der Waals surface area (Å²) < 4.78 is 0. The number of guanidine groups is 1. The Morgan fingerprint density at radius 1 is 1.43 bits per heavy atom. The predicted octanol–water partition coefficient (Wildman–Crippen LogP) is 1.79. The lowest BCUT2D eigenvalue weighted by Gasteiger charge is -2.22. The van der Waals surface area contributed by atoms with E-state index in [1.54, 1.807) is 30.3 Å². The van der Waals surface area contributed by atoms with Crippen molar-refractivity contribution in [2.75, 3.05) is 34.2 Å². The predicted molar refractivity (Wildman–Crippen MR) is 89.6 cm³/mol. The molecule has 5 nitrogen and oxygen atoms in total. The summed E-state index contributed by atoms with van der Waals surface area (Å²) in [6.45, 7) is 7.43. The van der Waals surface area contributed by atoms with Crippen LogP contribution in [0.5, 0.6) is 0 Å². The highest BCUT2D eigenvalue weighted by Crippen LogP contribution is 2.07. The second-order valence-electron chi connectivity index (χ2n) is 5.17. The summed E-state index contributed by atoms with van der Waals surface area (Å²) in [4.78, 5) is 20.8. The lowest BCUT2D eigenvalue weighted by Crippen LogP contribution is -2.40. The van der Waals surface area contributed by atoms with Gasteiger partial charge in [-0.3, -0.25) is 4.79 Å². The first-order valence-corrected chi connectivity index (χ1v) is 7.64. The summed E-state index contributed by atoms with van der Waals surface area (Å²) in [5, 5.41) is 5.34. The quantitative estimate of drug-likeness (QED) is 0.495. The van der Waals surface area contributed by atoms with Crippen LogP contribution in [0.15, 0.2) is 34.7 Å². The molecule has 0 aliphatic heterocycles. The highest BCUT2D eigenvalue weighted by Gasteiger charge is 2.09. The fourth-order valence-corrected chi connectivity index (χ4v) is 2.30. The first-order chi connectivity index (χ1) is 9.90. The van der Waals surface area contributed by atoms with Gasteiger partial charge < -0.3 is 15.1 Å². The number of likely N-dealkylation sites (N-methyl/N-ethyl adjacent to an activating group) is 2. The van der Waals surface area contributed by atoms with Gasteiger partial charge in [0.25, 0.3) is 0 Å². The molecule has 0 saturated carbocycles. The van der Waals surface area contributed by atoms with E-state index < -0.39 is 0 Å². The zero-order valence-corrected chi connectivity index (χ0v) is 14.0. The fourth-order valence-electron chi connectivity index (χ4n) is 1.65. The molecule has 0 aliphatic rings. The van der Waals surface area contributed by atoms with Gasteiger partial charge in [0.1, 0.15) is 6.54 Å². The van der Waals surface area contributed by atoms with Crippen molar-refractivity contribution in [3.8, 4) is 0 Å². The zero-order chi connectivity index (χ0) is 15.8. The lowest BCUT2D eigenvalue weighted by atomic mass is 10.3. The minimum atomic E-state index is -0.0193. The molecular formula is C15H24N4OS. The molecular weight excluding hydrogens is 284 g/mol. The highest BCUT2D eigenvalue weighted by atomic mass is 32.1. The third kappa shape index (κ3) is 6.44. The van der Waals surface area contributed by atoms with Crippen molar-refractivity contribution in [1.82, 2.24) is 15.1 Å². The van der Waals surface area contributed by atoms with Gasteiger partial charge >= 0.3 is 0 Å². The summed E-state index contributed by atoms with van der Waals surface area (Å²) >= 11 is 1.69. The van der Waals surface area contributed by atoms with E-state index in [4.69, 9.17) is 0 Å². The molecule has 116 valence electrons. The topological polar surface area (TPSA) is 47.9 Å². The minimum absolute atomic E-state index is 0.0193. The third-order valence-electron chi connectivity index (χ3n) is 2.73. The molecule has 0 spiro atoms. The maximum absolute atomic E-state index is 11.7. The molecule has 0 unspecified atom stereocenters. The molecule has 0 atom stereocenters. The monoisotopic (exact) mass is 308 g/mol. The van der Waals surface area contributed by atoms with Crippen LogP contribution in [0.4, 0.5) is 0 Å². The van der Waals surface area contributed by atoms with E-state index in [2.05, 4.69) is 23.0 Å². The van der Waals surface area contributed by atoms with E-state index in [9.17, 15) is 4.79 Å². The summed E-state index contributed by atoms with van der Waals surface area (Å²) in [6.07, 6.45) is 0. The van der Waals surface area contributed by atoms with Crippen LogP contribution < -0.4 is 5.32 Å². The molecule has 1 N–H and O–H groups in total. The van der Waals surface area contributed by atoms with Crippen molar-refractivity contribution in [2.45, 2.75) is 13.5 Å². The Balaban J connectivity index is 2.70. The average molecular weight is 308 g/mol. The second-order valence-corrected chi connectivity index (χ2v) is 6.21. The van der Waals surface area contributed by atoms with Crippen LogP contribution in [-0.2, 0) is 11.3 Å². The van der Waals surface area contributed by atoms with E-state index in [1.165, 1.54) is 4.88 Å². The van der Waals surface area contributed by atoms with E-state index in [0.29, 0.717) is 19.0 Å². The second kappa shape index (κ2) is 8.46. The number of hydrogen-bond donors (Lipinski definition) is 1. The highest BCUT2D eigenvalue weighted by molar-refractivity contribution is 7.09. The molecule has 1 heterocycles. The Kier molecular flexibility index (Phi) is 6.94. The summed E-state index contributed by atoms with van der Waals surface area (Å²) in [6, 6.07) is 4.09. The molecule has 0 saturated heterocycles. The fraction of sp³-hybridized carbons (Fsp3) is 0.467. The molecule has 0 aromatic carbocycles. The van der Waals surface area contributed by atoms with Gasteiger partial charge in [-0.1, -0.05) is 18.2 Å². The summed E-state index contributed by atoms with van der Waals surface area (Å²) in [5.41, 5.74) is 1.04. The number of carbonyl (C=O) groups excluding carboxylic acids is 1. The van der Waals surface area contributed by atoms with E-state index >= 15 is 0 Å². The van der Waals surface area contributed by atoms with Crippen molar-refractivity contribution < 1.29 is 4.79 Å². The van der Waals surface area contributed by atoms with Crippen LogP contribution in [0.25, 0.3) is 0 Å². The van der Waals surface area contributed by atoms with Gasteiger partial charge in [0.05, 0.1) is 6.54 Å².